The second-order valence-corrected chi connectivity index (χ2v) is 16.9. The number of aromatic hydroxyl groups is 1. The molecule has 6 aromatic rings. The van der Waals surface area contributed by atoms with E-state index in [1.54, 1.807) is 48.5 Å². The third-order valence-corrected chi connectivity index (χ3v) is 13.3. The van der Waals surface area contributed by atoms with Crippen molar-refractivity contribution in [1.29, 1.82) is 0 Å². The molecule has 2 saturated heterocycles. The summed E-state index contributed by atoms with van der Waals surface area (Å²) in [6.07, 6.45) is 2.17. The summed E-state index contributed by atoms with van der Waals surface area (Å²) in [5.41, 5.74) is 6.10. The lowest BCUT2D eigenvalue weighted by Gasteiger charge is -2.50. The Bertz CT molecular complexity index is 2790. The van der Waals surface area contributed by atoms with E-state index in [1.165, 1.54) is 35.2 Å². The van der Waals surface area contributed by atoms with Crippen molar-refractivity contribution in [2.24, 2.45) is 23.7 Å². The molecule has 2 aliphatic carbocycles. The lowest BCUT2D eigenvalue weighted by molar-refractivity contribution is -0.138. The fourth-order valence-electron chi connectivity index (χ4n) is 10.2. The minimum atomic E-state index is -1.67. The number of halogens is 2. The molecule has 6 aromatic carbocycles. The summed E-state index contributed by atoms with van der Waals surface area (Å²) in [5, 5.41) is 16.8. The molecule has 6 unspecified atom stereocenters. The number of carbonyl (C=O) groups excluding carboxylic acids is 4. The number of phenolic OH excluding ortho intramolecular Hbond substituents is 1. The van der Waals surface area contributed by atoms with Gasteiger partial charge in [-0.05, 0) is 109 Å². The molecule has 0 aromatic heterocycles. The third kappa shape index (κ3) is 6.80. The second-order valence-electron chi connectivity index (χ2n) is 16.4. The molecular weight excluding hydrogens is 819 g/mol. The normalized spacial score (nSPS) is 23.8. The van der Waals surface area contributed by atoms with E-state index in [0.717, 1.165) is 21.9 Å². The van der Waals surface area contributed by atoms with Crippen molar-refractivity contribution >= 4 is 58.0 Å². The fourth-order valence-corrected chi connectivity index (χ4v) is 10.4. The number of carbonyl (C=O) groups is 4. The van der Waals surface area contributed by atoms with Crippen LogP contribution in [0.3, 0.4) is 0 Å². The van der Waals surface area contributed by atoms with Crippen LogP contribution in [-0.4, -0.2) is 33.7 Å². The predicted octanol–water partition coefficient (Wildman–Crippen LogP) is 9.70. The molecule has 4 aliphatic rings. The van der Waals surface area contributed by atoms with Gasteiger partial charge in [-0.3, -0.25) is 29.5 Å². The van der Waals surface area contributed by atoms with E-state index >= 15 is 9.59 Å². The zero-order valence-corrected chi connectivity index (χ0v) is 34.4. The van der Waals surface area contributed by atoms with Crippen LogP contribution in [-0.2, 0) is 31.2 Å². The molecule has 1 saturated carbocycles. The first-order chi connectivity index (χ1) is 30.6. The quantitative estimate of drug-likeness (QED) is 0.0919. The number of allylic oxidation sites excluding steroid dienone is 2. The van der Waals surface area contributed by atoms with Gasteiger partial charge in [0.1, 0.15) is 23.9 Å². The number of anilines is 4. The van der Waals surface area contributed by atoms with Gasteiger partial charge in [0, 0.05) is 33.9 Å². The van der Waals surface area contributed by atoms with Gasteiger partial charge in [-0.25, -0.2) is 4.39 Å². The van der Waals surface area contributed by atoms with Gasteiger partial charge in [-0.2, -0.15) is 5.01 Å². The number of benzene rings is 6. The summed E-state index contributed by atoms with van der Waals surface area (Å²) in [6.45, 7) is 0.242. The highest BCUT2D eigenvalue weighted by Crippen LogP contribution is 2.65. The van der Waals surface area contributed by atoms with Crippen molar-refractivity contribution in [3.8, 4) is 11.5 Å². The first-order valence-corrected chi connectivity index (χ1v) is 21.2. The largest absolute Gasteiger partial charge is 0.508 e. The molecule has 10 rings (SSSR count). The van der Waals surface area contributed by atoms with Crippen LogP contribution in [0.25, 0.3) is 0 Å². The smallest absolute Gasteiger partial charge is 0.260 e. The van der Waals surface area contributed by atoms with Crippen LogP contribution >= 0.6 is 11.6 Å². The summed E-state index contributed by atoms with van der Waals surface area (Å²) in [4.78, 5) is 61.0. The van der Waals surface area contributed by atoms with Gasteiger partial charge >= 0.3 is 0 Å². The van der Waals surface area contributed by atoms with Gasteiger partial charge in [-0.1, -0.05) is 90.0 Å². The van der Waals surface area contributed by atoms with Gasteiger partial charge in [0.05, 0.1) is 34.5 Å². The van der Waals surface area contributed by atoms with E-state index in [-0.39, 0.29) is 31.1 Å². The monoisotopic (exact) mass is 858 g/mol. The Morgan fingerprint density at radius 3 is 2.10 bits per heavy atom. The first-order valence-electron chi connectivity index (χ1n) is 20.8. The number of imide groups is 2. The van der Waals surface area contributed by atoms with Gasteiger partial charge in [-0.15, -0.1) is 0 Å². The van der Waals surface area contributed by atoms with E-state index in [2.05, 4.69) is 10.7 Å². The number of fused-ring (bicyclic) bond motifs is 4. The molecule has 0 spiro atoms. The lowest BCUT2D eigenvalue weighted by Crippen LogP contribution is -2.53. The van der Waals surface area contributed by atoms with Crippen LogP contribution in [0, 0.1) is 29.5 Å². The van der Waals surface area contributed by atoms with Crippen molar-refractivity contribution in [3.63, 3.8) is 0 Å². The van der Waals surface area contributed by atoms with E-state index in [0.29, 0.717) is 38.8 Å². The number of hydrogen-bond donors (Lipinski definition) is 3. The van der Waals surface area contributed by atoms with Crippen molar-refractivity contribution in [2.45, 2.75) is 30.8 Å². The average molecular weight is 859 g/mol. The van der Waals surface area contributed by atoms with E-state index in [1.807, 2.05) is 78.9 Å². The maximum atomic E-state index is 15.5. The van der Waals surface area contributed by atoms with Crippen molar-refractivity contribution < 1.29 is 33.4 Å². The van der Waals surface area contributed by atoms with Gasteiger partial charge in [0.2, 0.25) is 11.8 Å². The van der Waals surface area contributed by atoms with Crippen molar-refractivity contribution in [1.82, 2.24) is 5.01 Å². The number of nitrogens with zero attached hydrogens (tertiary/aromatic N) is 2. The highest BCUT2D eigenvalue weighted by molar-refractivity contribution is 6.30. The van der Waals surface area contributed by atoms with Crippen LogP contribution in [0.5, 0.6) is 11.5 Å². The van der Waals surface area contributed by atoms with Crippen LogP contribution in [0.2, 0.25) is 5.02 Å². The zero-order valence-electron chi connectivity index (χ0n) is 33.7. The Morgan fingerprint density at radius 1 is 0.730 bits per heavy atom. The predicted molar refractivity (Wildman–Crippen MR) is 237 cm³/mol. The lowest BCUT2D eigenvalue weighted by atomic mass is 9.49. The maximum Gasteiger partial charge on any atom is 0.260 e. The topological polar surface area (TPSA) is 128 Å². The Balaban J connectivity index is 1.07. The van der Waals surface area contributed by atoms with Crippen LogP contribution in [0.1, 0.15) is 35.4 Å². The molecule has 6 atom stereocenters. The molecule has 2 aliphatic heterocycles. The minimum Gasteiger partial charge on any atom is -0.508 e. The molecule has 0 radical (unpaired) electrons. The molecule has 3 N–H and O–H groups in total. The van der Waals surface area contributed by atoms with E-state index in [4.69, 9.17) is 16.3 Å². The molecule has 314 valence electrons. The number of ether oxygens (including phenoxy) is 1. The standard InChI is InChI=1S/C51H40ClFN4O6/c52-32-13-11-31(12-14-32)51-43(48(60)57(50(51)62)55-36-17-15-33(53)16-18-36)28-42-39(46(51)40-24-23-38(27-44(40)58)63-29-30-7-3-1-4-8-30)25-26-41-45(42)49(61)56(47(41)59)37-21-19-35(20-22-37)54-34-9-5-2-6-10-34/h1-25,27,41-43,45-46,54-55,58H,26,28-29H2. The molecule has 4 amide bonds. The van der Waals surface area contributed by atoms with Crippen molar-refractivity contribution in [2.75, 3.05) is 15.6 Å². The molecule has 63 heavy (non-hydrogen) atoms. The number of para-hydroxylation sites is 1. The summed E-state index contributed by atoms with van der Waals surface area (Å²) in [6, 6.07) is 43.3. The average Bonchev–Trinajstić information content (AvgIpc) is 3.68. The molecule has 12 heteroatoms. The Morgan fingerprint density at radius 2 is 1.40 bits per heavy atom. The fraction of sp³-hybridized carbons (Fsp3) is 0.176. The summed E-state index contributed by atoms with van der Waals surface area (Å²) in [7, 11) is 0. The SMILES string of the molecule is O=C1C2CC3C(=CCC4C(=O)N(c5ccc(Nc6ccccc6)cc5)C(=O)C43)C(c3ccc(OCc4ccccc4)cc3O)C2(c2ccc(Cl)cc2)C(=O)N1Nc1ccc(F)cc1. The van der Waals surface area contributed by atoms with Crippen LogP contribution in [0.15, 0.2) is 163 Å². The second kappa shape index (κ2) is 15.9. The highest BCUT2D eigenvalue weighted by atomic mass is 35.5. The first kappa shape index (κ1) is 39.9. The highest BCUT2D eigenvalue weighted by Gasteiger charge is 2.70. The Hall–Kier alpha value is -7.24. The Labute approximate surface area is 367 Å². The summed E-state index contributed by atoms with van der Waals surface area (Å²) < 4.78 is 20.1. The molecular formula is C51H40ClFN4O6. The molecule has 10 nitrogen and oxygen atoms in total. The van der Waals surface area contributed by atoms with Gasteiger partial charge in [0.25, 0.3) is 11.8 Å². The summed E-state index contributed by atoms with van der Waals surface area (Å²) >= 11 is 6.44. The van der Waals surface area contributed by atoms with E-state index < -0.39 is 58.5 Å². The number of amides is 4. The van der Waals surface area contributed by atoms with Gasteiger partial charge < -0.3 is 15.2 Å². The minimum absolute atomic E-state index is 0.0458. The molecule has 0 bridgehead atoms. The molecule has 3 fully saturated rings. The van der Waals surface area contributed by atoms with Crippen LogP contribution < -0.4 is 20.4 Å². The van der Waals surface area contributed by atoms with Crippen molar-refractivity contribution in [3.05, 3.63) is 191 Å². The maximum absolute atomic E-state index is 15.5. The molecule has 2 heterocycles. The number of nitrogens with one attached hydrogen (secondary N) is 2. The third-order valence-electron chi connectivity index (χ3n) is 13.0. The van der Waals surface area contributed by atoms with E-state index in [9.17, 15) is 19.1 Å². The number of hydrazine groups is 1. The van der Waals surface area contributed by atoms with Gasteiger partial charge in [0.15, 0.2) is 0 Å². The number of rotatable bonds is 10. The number of hydrogen-bond acceptors (Lipinski definition) is 8. The number of phenols is 1. The van der Waals surface area contributed by atoms with Crippen LogP contribution in [0.4, 0.5) is 27.1 Å². The summed E-state index contributed by atoms with van der Waals surface area (Å²) in [5.74, 6) is -6.52. The Kier molecular flexibility index (Phi) is 10.1. The zero-order chi connectivity index (χ0) is 43.4.